The maximum absolute atomic E-state index is 13.0. The summed E-state index contributed by atoms with van der Waals surface area (Å²) in [4.78, 5) is 28.6. The Balaban J connectivity index is 1.64. The van der Waals surface area contributed by atoms with Crippen molar-refractivity contribution in [1.82, 2.24) is 19.9 Å². The number of rotatable bonds is 4. The summed E-state index contributed by atoms with van der Waals surface area (Å²) in [7, 11) is 0. The number of aliphatic hydroxyl groups is 1. The van der Waals surface area contributed by atoms with Gasteiger partial charge in [0.25, 0.3) is 5.91 Å². The summed E-state index contributed by atoms with van der Waals surface area (Å²) < 4.78 is 14.1. The Hall–Kier alpha value is -3.14. The molecule has 5 N–H and O–H groups in total. The standard InChI is InChI=1S/C17H20FN5O4/c18-12-3-1-11(2-4-12)14-20-9-13(23(14)19)15(24)21-10-17(27)5-7-22(8-6-17)16(25)26/h1-4,9,27H,5-8,10,19H2,(H,21,24)(H,25,26). The van der Waals surface area contributed by atoms with Gasteiger partial charge in [0.05, 0.1) is 11.8 Å². The third-order valence-electron chi connectivity index (χ3n) is 4.67. The number of nitrogens with two attached hydrogens (primary N) is 1. The van der Waals surface area contributed by atoms with Gasteiger partial charge in [0, 0.05) is 25.2 Å². The van der Waals surface area contributed by atoms with Crippen LogP contribution in [-0.2, 0) is 0 Å². The summed E-state index contributed by atoms with van der Waals surface area (Å²) in [5.74, 6) is 5.32. The van der Waals surface area contributed by atoms with Crippen molar-refractivity contribution < 1.29 is 24.2 Å². The summed E-state index contributed by atoms with van der Waals surface area (Å²) in [6.45, 7) is 0.368. The van der Waals surface area contributed by atoms with Crippen LogP contribution in [0.2, 0.25) is 0 Å². The number of halogens is 1. The van der Waals surface area contributed by atoms with Crippen LogP contribution in [0, 0.1) is 5.82 Å². The molecule has 1 aromatic heterocycles. The fraction of sp³-hybridized carbons (Fsp3) is 0.353. The number of benzene rings is 1. The van der Waals surface area contributed by atoms with E-state index in [-0.39, 0.29) is 38.2 Å². The number of hydrogen-bond acceptors (Lipinski definition) is 5. The Morgan fingerprint density at radius 1 is 1.26 bits per heavy atom. The molecule has 0 saturated carbocycles. The van der Waals surface area contributed by atoms with Crippen LogP contribution in [0.25, 0.3) is 11.4 Å². The first kappa shape index (κ1) is 18.6. The maximum atomic E-state index is 13.0. The van der Waals surface area contributed by atoms with Crippen molar-refractivity contribution in [3.8, 4) is 11.4 Å². The largest absolute Gasteiger partial charge is 0.465 e. The van der Waals surface area contributed by atoms with E-state index in [0.717, 1.165) is 4.68 Å². The number of nitrogen functional groups attached to an aromatic ring is 1. The molecule has 0 atom stereocenters. The van der Waals surface area contributed by atoms with E-state index >= 15 is 0 Å². The molecule has 144 valence electrons. The normalized spacial score (nSPS) is 16.1. The zero-order valence-electron chi connectivity index (χ0n) is 14.4. The van der Waals surface area contributed by atoms with Crippen LogP contribution in [0.3, 0.4) is 0 Å². The van der Waals surface area contributed by atoms with E-state index in [4.69, 9.17) is 10.9 Å². The van der Waals surface area contributed by atoms with E-state index in [2.05, 4.69) is 10.3 Å². The first-order valence-corrected chi connectivity index (χ1v) is 8.36. The zero-order valence-corrected chi connectivity index (χ0v) is 14.4. The molecule has 2 heterocycles. The van der Waals surface area contributed by atoms with Gasteiger partial charge in [0.2, 0.25) is 0 Å². The molecular formula is C17H20FN5O4. The number of carboxylic acid groups (broad SMARTS) is 1. The van der Waals surface area contributed by atoms with Gasteiger partial charge in [-0.05, 0) is 37.1 Å². The number of aromatic nitrogens is 2. The number of piperidine rings is 1. The van der Waals surface area contributed by atoms with Crippen molar-refractivity contribution in [3.05, 3.63) is 42.0 Å². The van der Waals surface area contributed by atoms with Gasteiger partial charge in [-0.1, -0.05) is 0 Å². The third-order valence-corrected chi connectivity index (χ3v) is 4.67. The molecule has 2 aromatic rings. The van der Waals surface area contributed by atoms with Gasteiger partial charge in [-0.3, -0.25) is 4.79 Å². The Morgan fingerprint density at radius 3 is 2.48 bits per heavy atom. The van der Waals surface area contributed by atoms with E-state index in [1.54, 1.807) is 0 Å². The van der Waals surface area contributed by atoms with E-state index < -0.39 is 23.4 Å². The lowest BCUT2D eigenvalue weighted by molar-refractivity contribution is -0.0149. The Labute approximate surface area is 154 Å². The van der Waals surface area contributed by atoms with Gasteiger partial charge >= 0.3 is 6.09 Å². The van der Waals surface area contributed by atoms with Crippen molar-refractivity contribution in [1.29, 1.82) is 0 Å². The van der Waals surface area contributed by atoms with E-state index in [1.807, 2.05) is 0 Å². The summed E-state index contributed by atoms with van der Waals surface area (Å²) >= 11 is 0. The van der Waals surface area contributed by atoms with Crippen molar-refractivity contribution in [2.45, 2.75) is 18.4 Å². The van der Waals surface area contributed by atoms with Crippen LogP contribution in [-0.4, -0.2) is 62.0 Å². The minimum atomic E-state index is -1.18. The Kier molecular flexibility index (Phi) is 5.00. The van der Waals surface area contributed by atoms with Crippen LogP contribution in [0.15, 0.2) is 30.5 Å². The van der Waals surface area contributed by atoms with Crippen molar-refractivity contribution in [2.24, 2.45) is 0 Å². The fourth-order valence-corrected chi connectivity index (χ4v) is 2.97. The predicted octanol–water partition coefficient (Wildman–Crippen LogP) is 0.638. The molecule has 10 heteroatoms. The molecule has 0 aliphatic carbocycles. The molecule has 27 heavy (non-hydrogen) atoms. The van der Waals surface area contributed by atoms with Crippen LogP contribution in [0.4, 0.5) is 9.18 Å². The van der Waals surface area contributed by atoms with Crippen LogP contribution in [0.5, 0.6) is 0 Å². The monoisotopic (exact) mass is 377 g/mol. The van der Waals surface area contributed by atoms with Gasteiger partial charge in [0.15, 0.2) is 5.82 Å². The number of imidazole rings is 1. The minimum Gasteiger partial charge on any atom is -0.465 e. The maximum Gasteiger partial charge on any atom is 0.407 e. The second-order valence-electron chi connectivity index (χ2n) is 6.52. The molecule has 0 unspecified atom stereocenters. The van der Waals surface area contributed by atoms with Gasteiger partial charge in [-0.25, -0.2) is 18.8 Å². The average Bonchev–Trinajstić information content (AvgIpc) is 3.02. The lowest BCUT2D eigenvalue weighted by atomic mass is 9.91. The number of hydrogen-bond donors (Lipinski definition) is 4. The van der Waals surface area contributed by atoms with Gasteiger partial charge < -0.3 is 26.3 Å². The fourth-order valence-electron chi connectivity index (χ4n) is 2.97. The number of nitrogens with one attached hydrogen (secondary N) is 1. The first-order chi connectivity index (χ1) is 12.8. The summed E-state index contributed by atoms with van der Waals surface area (Å²) in [6.07, 6.45) is 0.719. The highest BCUT2D eigenvalue weighted by Gasteiger charge is 2.34. The number of likely N-dealkylation sites (tertiary alicyclic amines) is 1. The molecule has 1 aliphatic heterocycles. The summed E-state index contributed by atoms with van der Waals surface area (Å²) in [6, 6.07) is 5.54. The number of carbonyl (C=O) groups excluding carboxylic acids is 1. The topological polar surface area (TPSA) is 134 Å². The lowest BCUT2D eigenvalue weighted by Crippen LogP contribution is -2.52. The third kappa shape index (κ3) is 4.00. The highest BCUT2D eigenvalue weighted by atomic mass is 19.1. The predicted molar refractivity (Wildman–Crippen MR) is 93.9 cm³/mol. The van der Waals surface area contributed by atoms with Crippen molar-refractivity contribution >= 4 is 12.0 Å². The number of carbonyl (C=O) groups is 2. The van der Waals surface area contributed by atoms with Crippen LogP contribution < -0.4 is 11.2 Å². The molecule has 2 amide bonds. The van der Waals surface area contributed by atoms with Crippen molar-refractivity contribution in [3.63, 3.8) is 0 Å². The molecule has 1 fully saturated rings. The van der Waals surface area contributed by atoms with Gasteiger partial charge in [0.1, 0.15) is 11.5 Å². The Morgan fingerprint density at radius 2 is 1.89 bits per heavy atom. The van der Waals surface area contributed by atoms with E-state index in [1.165, 1.54) is 35.4 Å². The SMILES string of the molecule is Nn1c(C(=O)NCC2(O)CCN(C(=O)O)CC2)cnc1-c1ccc(F)cc1. The Bertz CT molecular complexity index is 844. The number of nitrogens with zero attached hydrogens (tertiary/aromatic N) is 3. The second-order valence-corrected chi connectivity index (χ2v) is 6.52. The first-order valence-electron chi connectivity index (χ1n) is 8.36. The highest BCUT2D eigenvalue weighted by molar-refractivity contribution is 5.93. The van der Waals surface area contributed by atoms with Crippen LogP contribution >= 0.6 is 0 Å². The molecular weight excluding hydrogens is 357 g/mol. The molecule has 1 saturated heterocycles. The minimum absolute atomic E-state index is 0.0314. The molecule has 0 bridgehead atoms. The number of amides is 2. The van der Waals surface area contributed by atoms with Gasteiger partial charge in [-0.2, -0.15) is 0 Å². The quantitative estimate of drug-likeness (QED) is 0.578. The second kappa shape index (κ2) is 7.23. The van der Waals surface area contributed by atoms with Crippen molar-refractivity contribution in [2.75, 3.05) is 25.5 Å². The smallest absolute Gasteiger partial charge is 0.407 e. The lowest BCUT2D eigenvalue weighted by Gasteiger charge is -2.36. The van der Waals surface area contributed by atoms with E-state index in [0.29, 0.717) is 11.4 Å². The van der Waals surface area contributed by atoms with Crippen LogP contribution in [0.1, 0.15) is 23.3 Å². The van der Waals surface area contributed by atoms with E-state index in [9.17, 15) is 19.1 Å². The molecule has 0 radical (unpaired) electrons. The highest BCUT2D eigenvalue weighted by Crippen LogP contribution is 2.22. The zero-order chi connectivity index (χ0) is 19.6. The molecule has 1 aromatic carbocycles. The summed E-state index contributed by atoms with van der Waals surface area (Å²) in [5, 5.41) is 22.1. The molecule has 0 spiro atoms. The average molecular weight is 377 g/mol. The molecule has 3 rings (SSSR count). The van der Waals surface area contributed by atoms with Gasteiger partial charge in [-0.15, -0.1) is 0 Å². The molecule has 1 aliphatic rings. The molecule has 9 nitrogen and oxygen atoms in total. The summed E-state index contributed by atoms with van der Waals surface area (Å²) in [5.41, 5.74) is -0.542.